The monoisotopic (exact) mass is 169 g/mol. The Kier molecular flexibility index (Phi) is 3.76. The van der Waals surface area contributed by atoms with Crippen LogP contribution >= 0.6 is 0 Å². The maximum atomic E-state index is 4.76. The lowest BCUT2D eigenvalue weighted by Crippen LogP contribution is -2.15. The number of hydrogen-bond donors (Lipinski definition) is 1. The first-order valence-corrected chi connectivity index (χ1v) is 4.15. The van der Waals surface area contributed by atoms with Gasteiger partial charge in [-0.1, -0.05) is 6.92 Å². The van der Waals surface area contributed by atoms with E-state index >= 15 is 0 Å². The maximum Gasteiger partial charge on any atom is 0.0630 e. The van der Waals surface area contributed by atoms with Gasteiger partial charge in [-0.15, -0.1) is 0 Å². The zero-order chi connectivity index (χ0) is 8.81. The highest BCUT2D eigenvalue weighted by atomic mass is 16.6. The Hall–Kier alpha value is -0.870. The normalized spacial score (nSPS) is 10.5. The van der Waals surface area contributed by atoms with E-state index < -0.39 is 0 Å². The lowest BCUT2D eigenvalue weighted by Gasteiger charge is -2.05. The van der Waals surface area contributed by atoms with Crippen molar-refractivity contribution in [1.29, 1.82) is 0 Å². The highest BCUT2D eigenvalue weighted by Gasteiger charge is 1.99. The molecule has 1 heterocycles. The van der Waals surface area contributed by atoms with Crippen molar-refractivity contribution in [1.82, 2.24) is 15.3 Å². The van der Waals surface area contributed by atoms with E-state index in [4.69, 9.17) is 4.84 Å². The first-order chi connectivity index (χ1) is 5.88. The van der Waals surface area contributed by atoms with Crippen molar-refractivity contribution < 1.29 is 4.84 Å². The van der Waals surface area contributed by atoms with E-state index in [-0.39, 0.29) is 0 Å². The largest absolute Gasteiger partial charge is 0.305 e. The van der Waals surface area contributed by atoms with Gasteiger partial charge >= 0.3 is 0 Å². The second-order valence-corrected chi connectivity index (χ2v) is 2.57. The maximum absolute atomic E-state index is 4.76. The van der Waals surface area contributed by atoms with Crippen molar-refractivity contribution in [2.24, 2.45) is 0 Å². The Morgan fingerprint density at radius 2 is 2.50 bits per heavy atom. The average Bonchev–Trinajstić information content (AvgIpc) is 2.50. The zero-order valence-electron chi connectivity index (χ0n) is 7.58. The molecule has 1 N–H and O–H groups in total. The van der Waals surface area contributed by atoms with E-state index in [1.54, 1.807) is 7.11 Å². The second kappa shape index (κ2) is 4.90. The molecule has 0 fully saturated rings. The molecule has 1 rings (SSSR count). The first kappa shape index (κ1) is 9.22. The minimum Gasteiger partial charge on any atom is -0.305 e. The van der Waals surface area contributed by atoms with E-state index in [1.165, 1.54) is 0 Å². The van der Waals surface area contributed by atoms with Crippen LogP contribution in [0.1, 0.15) is 19.0 Å². The van der Waals surface area contributed by atoms with Crippen molar-refractivity contribution in [2.75, 3.05) is 7.11 Å². The summed E-state index contributed by atoms with van der Waals surface area (Å²) < 4.78 is 1.98. The molecule has 4 nitrogen and oxygen atoms in total. The Bertz CT molecular complexity index is 222. The Balaban J connectivity index is 2.51. The number of hydrogen-bond acceptors (Lipinski definition) is 3. The lowest BCUT2D eigenvalue weighted by atomic mass is 10.4. The van der Waals surface area contributed by atoms with Gasteiger partial charge in [-0.2, -0.15) is 10.6 Å². The molecule has 0 aliphatic rings. The Morgan fingerprint density at radius 1 is 1.67 bits per heavy atom. The van der Waals surface area contributed by atoms with Gasteiger partial charge in [-0.3, -0.25) is 4.68 Å². The fourth-order valence-electron chi connectivity index (χ4n) is 1.07. The summed E-state index contributed by atoms with van der Waals surface area (Å²) in [6.45, 7) is 3.80. The van der Waals surface area contributed by atoms with E-state index in [9.17, 15) is 0 Å². The molecule has 0 atom stereocenters. The summed E-state index contributed by atoms with van der Waals surface area (Å²) in [6.07, 6.45) is 2.91. The molecule has 1 aromatic heterocycles. The van der Waals surface area contributed by atoms with Crippen LogP contribution in [0.25, 0.3) is 0 Å². The number of aromatic nitrogens is 2. The van der Waals surface area contributed by atoms with E-state index in [0.717, 1.165) is 18.7 Å². The molecule has 0 radical (unpaired) electrons. The van der Waals surface area contributed by atoms with Crippen LogP contribution in [0.4, 0.5) is 0 Å². The predicted octanol–water partition coefficient (Wildman–Crippen LogP) is 0.944. The van der Waals surface area contributed by atoms with Gasteiger partial charge in [0.25, 0.3) is 0 Å². The summed E-state index contributed by atoms with van der Waals surface area (Å²) in [5.41, 5.74) is 3.94. The van der Waals surface area contributed by atoms with Gasteiger partial charge in [-0.25, -0.2) is 0 Å². The van der Waals surface area contributed by atoms with Gasteiger partial charge in [0.1, 0.15) is 0 Å². The van der Waals surface area contributed by atoms with Gasteiger partial charge in [0.15, 0.2) is 0 Å². The summed E-state index contributed by atoms with van der Waals surface area (Å²) in [4.78, 5) is 4.76. The van der Waals surface area contributed by atoms with Crippen molar-refractivity contribution in [2.45, 2.75) is 26.4 Å². The molecule has 0 saturated heterocycles. The lowest BCUT2D eigenvalue weighted by molar-refractivity contribution is 0.0847. The van der Waals surface area contributed by atoms with Gasteiger partial charge in [0, 0.05) is 12.7 Å². The highest BCUT2D eigenvalue weighted by Crippen LogP contribution is 1.99. The molecule has 12 heavy (non-hydrogen) atoms. The number of nitrogens with one attached hydrogen (secondary N) is 1. The van der Waals surface area contributed by atoms with Crippen LogP contribution in [-0.4, -0.2) is 16.9 Å². The number of aryl methyl sites for hydroxylation is 1. The molecule has 0 saturated carbocycles. The predicted molar refractivity (Wildman–Crippen MR) is 46.4 cm³/mol. The molecule has 0 aliphatic carbocycles. The Labute approximate surface area is 72.5 Å². The number of rotatable bonds is 5. The molecule has 0 aliphatic heterocycles. The average molecular weight is 169 g/mol. The van der Waals surface area contributed by atoms with Crippen molar-refractivity contribution >= 4 is 0 Å². The van der Waals surface area contributed by atoms with E-state index in [2.05, 4.69) is 17.5 Å². The minimum atomic E-state index is 0.705. The molecule has 1 aromatic rings. The number of nitrogens with zero attached hydrogens (tertiary/aromatic N) is 2. The fraction of sp³-hybridized carbons (Fsp3) is 0.625. The van der Waals surface area contributed by atoms with Crippen LogP contribution < -0.4 is 5.48 Å². The smallest absolute Gasteiger partial charge is 0.0630 e. The third-order valence-corrected chi connectivity index (χ3v) is 1.64. The zero-order valence-corrected chi connectivity index (χ0v) is 7.58. The second-order valence-electron chi connectivity index (χ2n) is 2.57. The molecule has 0 unspecified atom stereocenters. The molecular formula is C8H15N3O. The van der Waals surface area contributed by atoms with Crippen molar-refractivity contribution in [3.05, 3.63) is 18.0 Å². The van der Waals surface area contributed by atoms with E-state index in [0.29, 0.717) is 6.54 Å². The third-order valence-electron chi connectivity index (χ3n) is 1.64. The van der Waals surface area contributed by atoms with Crippen molar-refractivity contribution in [3.63, 3.8) is 0 Å². The van der Waals surface area contributed by atoms with E-state index in [1.807, 2.05) is 16.9 Å². The third kappa shape index (κ3) is 2.32. The summed E-state index contributed by atoms with van der Waals surface area (Å²) in [5.74, 6) is 0. The summed E-state index contributed by atoms with van der Waals surface area (Å²) in [7, 11) is 1.61. The fourth-order valence-corrected chi connectivity index (χ4v) is 1.07. The van der Waals surface area contributed by atoms with Crippen LogP contribution in [0.2, 0.25) is 0 Å². The number of hydroxylamine groups is 1. The molecular weight excluding hydrogens is 154 g/mol. The van der Waals surface area contributed by atoms with Crippen molar-refractivity contribution in [3.8, 4) is 0 Å². The van der Waals surface area contributed by atoms with Crippen LogP contribution in [0, 0.1) is 0 Å². The summed E-state index contributed by atoms with van der Waals surface area (Å²) in [5, 5.41) is 4.18. The minimum absolute atomic E-state index is 0.705. The Morgan fingerprint density at radius 3 is 3.17 bits per heavy atom. The van der Waals surface area contributed by atoms with Gasteiger partial charge in [0.05, 0.1) is 19.3 Å². The molecule has 4 heteroatoms. The first-order valence-electron chi connectivity index (χ1n) is 4.15. The SMILES string of the molecule is CCCn1nccc1CNOC. The van der Waals surface area contributed by atoms with Gasteiger partial charge < -0.3 is 4.84 Å². The van der Waals surface area contributed by atoms with Crippen LogP contribution in [0.3, 0.4) is 0 Å². The molecule has 0 aromatic carbocycles. The molecule has 68 valence electrons. The topological polar surface area (TPSA) is 39.1 Å². The molecule has 0 bridgehead atoms. The quantitative estimate of drug-likeness (QED) is 0.667. The summed E-state index contributed by atoms with van der Waals surface area (Å²) >= 11 is 0. The standard InChI is InChI=1S/C8H15N3O/c1-3-6-11-8(4-5-9-11)7-10-12-2/h4-5,10H,3,6-7H2,1-2H3. The highest BCUT2D eigenvalue weighted by molar-refractivity contribution is 4.99. The van der Waals surface area contributed by atoms with Gasteiger partial charge in [-0.05, 0) is 12.5 Å². The van der Waals surface area contributed by atoms with Crippen LogP contribution in [-0.2, 0) is 17.9 Å². The van der Waals surface area contributed by atoms with Gasteiger partial charge in [0.2, 0.25) is 0 Å². The molecule has 0 amide bonds. The van der Waals surface area contributed by atoms with Crippen LogP contribution in [0.15, 0.2) is 12.3 Å². The van der Waals surface area contributed by atoms with Crippen LogP contribution in [0.5, 0.6) is 0 Å². The molecule has 0 spiro atoms. The summed E-state index contributed by atoms with van der Waals surface area (Å²) in [6, 6.07) is 1.99.